The Morgan fingerprint density at radius 2 is 1.50 bits per heavy atom. The van der Waals surface area contributed by atoms with E-state index in [9.17, 15) is 4.79 Å². The summed E-state index contributed by atoms with van der Waals surface area (Å²) in [6, 6.07) is 0. The van der Waals surface area contributed by atoms with Gasteiger partial charge in [-0.15, -0.1) is 0 Å². The summed E-state index contributed by atoms with van der Waals surface area (Å²) in [5.74, 6) is 0.488. The SMILES string of the molecule is CCCCCCCCCCCCC(=O)C1(C)CCNC1. The maximum absolute atomic E-state index is 12.2. The molecule has 0 spiro atoms. The molecule has 0 aromatic rings. The van der Waals surface area contributed by atoms with Crippen molar-refractivity contribution in [1.82, 2.24) is 5.32 Å². The lowest BCUT2D eigenvalue weighted by molar-refractivity contribution is -0.127. The minimum atomic E-state index is -0.0563. The van der Waals surface area contributed by atoms with E-state index in [4.69, 9.17) is 0 Å². The number of hydrogen-bond acceptors (Lipinski definition) is 2. The van der Waals surface area contributed by atoms with E-state index < -0.39 is 0 Å². The highest BCUT2D eigenvalue weighted by Crippen LogP contribution is 2.27. The third-order valence-corrected chi connectivity index (χ3v) is 4.80. The van der Waals surface area contributed by atoms with E-state index in [0.29, 0.717) is 5.78 Å². The predicted octanol–water partition coefficient (Wildman–Crippen LogP) is 4.87. The lowest BCUT2D eigenvalue weighted by atomic mass is 9.82. The first-order valence-corrected chi connectivity index (χ1v) is 8.93. The van der Waals surface area contributed by atoms with Crippen LogP contribution in [0.5, 0.6) is 0 Å². The number of nitrogens with one attached hydrogen (secondary N) is 1. The average molecular weight is 281 g/mol. The first-order valence-electron chi connectivity index (χ1n) is 8.93. The van der Waals surface area contributed by atoms with E-state index in [2.05, 4.69) is 19.2 Å². The highest BCUT2D eigenvalue weighted by molar-refractivity contribution is 5.85. The molecule has 0 bridgehead atoms. The first-order chi connectivity index (χ1) is 9.69. The molecule has 1 unspecified atom stereocenters. The Labute approximate surface area is 126 Å². The molecular weight excluding hydrogens is 246 g/mol. The van der Waals surface area contributed by atoms with Crippen molar-refractivity contribution in [1.29, 1.82) is 0 Å². The number of carbonyl (C=O) groups excluding carboxylic acids is 1. The summed E-state index contributed by atoms with van der Waals surface area (Å²) in [4.78, 5) is 12.2. The van der Waals surface area contributed by atoms with Gasteiger partial charge in [0.25, 0.3) is 0 Å². The van der Waals surface area contributed by atoms with E-state index in [1.165, 1.54) is 57.8 Å². The van der Waals surface area contributed by atoms with Crippen molar-refractivity contribution < 1.29 is 4.79 Å². The van der Waals surface area contributed by atoms with Crippen molar-refractivity contribution >= 4 is 5.78 Å². The van der Waals surface area contributed by atoms with E-state index in [1.54, 1.807) is 0 Å². The second-order valence-corrected chi connectivity index (χ2v) is 6.84. The molecule has 0 radical (unpaired) electrons. The quantitative estimate of drug-likeness (QED) is 0.517. The first kappa shape index (κ1) is 17.7. The van der Waals surface area contributed by atoms with Gasteiger partial charge >= 0.3 is 0 Å². The van der Waals surface area contributed by atoms with Crippen LogP contribution in [0.2, 0.25) is 0 Å². The normalized spacial score (nSPS) is 22.3. The Morgan fingerprint density at radius 3 is 2.00 bits per heavy atom. The topological polar surface area (TPSA) is 29.1 Å². The zero-order chi connectivity index (χ0) is 14.7. The number of rotatable bonds is 12. The summed E-state index contributed by atoms with van der Waals surface area (Å²) in [5, 5.41) is 3.31. The second kappa shape index (κ2) is 10.4. The molecule has 0 amide bonds. The molecular formula is C18H35NO. The number of unbranched alkanes of at least 4 members (excludes halogenated alkanes) is 9. The minimum Gasteiger partial charge on any atom is -0.316 e. The van der Waals surface area contributed by atoms with Gasteiger partial charge in [0.15, 0.2) is 0 Å². The molecule has 1 aliphatic heterocycles. The summed E-state index contributed by atoms with van der Waals surface area (Å²) in [7, 11) is 0. The minimum absolute atomic E-state index is 0.0563. The number of ketones is 1. The van der Waals surface area contributed by atoms with Gasteiger partial charge < -0.3 is 5.32 Å². The Bertz CT molecular complexity index is 256. The fraction of sp³-hybridized carbons (Fsp3) is 0.944. The summed E-state index contributed by atoms with van der Waals surface area (Å²) in [6.07, 6.45) is 15.2. The zero-order valence-corrected chi connectivity index (χ0v) is 13.8. The van der Waals surface area contributed by atoms with Crippen LogP contribution in [-0.4, -0.2) is 18.9 Å². The molecule has 1 rings (SSSR count). The molecule has 20 heavy (non-hydrogen) atoms. The second-order valence-electron chi connectivity index (χ2n) is 6.84. The number of Topliss-reactive ketones (excluding diaryl/α,β-unsaturated/α-hetero) is 1. The van der Waals surface area contributed by atoms with Gasteiger partial charge in [-0.25, -0.2) is 0 Å². The van der Waals surface area contributed by atoms with Crippen molar-refractivity contribution in [2.24, 2.45) is 5.41 Å². The van der Waals surface area contributed by atoms with Crippen molar-refractivity contribution in [3.05, 3.63) is 0 Å². The summed E-state index contributed by atoms with van der Waals surface area (Å²) < 4.78 is 0. The maximum Gasteiger partial charge on any atom is 0.140 e. The number of hydrogen-bond donors (Lipinski definition) is 1. The molecule has 1 heterocycles. The molecule has 2 nitrogen and oxygen atoms in total. The summed E-state index contributed by atoms with van der Waals surface area (Å²) in [5.41, 5.74) is -0.0563. The van der Waals surface area contributed by atoms with Crippen LogP contribution in [0, 0.1) is 5.41 Å². The number of carbonyl (C=O) groups is 1. The highest BCUT2D eigenvalue weighted by atomic mass is 16.1. The van der Waals surface area contributed by atoms with E-state index in [-0.39, 0.29) is 5.41 Å². The van der Waals surface area contributed by atoms with Crippen molar-refractivity contribution in [2.75, 3.05) is 13.1 Å². The zero-order valence-electron chi connectivity index (χ0n) is 13.8. The van der Waals surface area contributed by atoms with E-state index in [0.717, 1.165) is 32.4 Å². The molecule has 1 atom stereocenters. The van der Waals surface area contributed by atoms with Crippen LogP contribution in [0.3, 0.4) is 0 Å². The summed E-state index contributed by atoms with van der Waals surface area (Å²) >= 11 is 0. The fourth-order valence-electron chi connectivity index (χ4n) is 3.13. The predicted molar refractivity (Wildman–Crippen MR) is 87.1 cm³/mol. The van der Waals surface area contributed by atoms with Gasteiger partial charge in [0.2, 0.25) is 0 Å². The van der Waals surface area contributed by atoms with Gasteiger partial charge in [-0.3, -0.25) is 4.79 Å². The maximum atomic E-state index is 12.2. The Morgan fingerprint density at radius 1 is 0.950 bits per heavy atom. The van der Waals surface area contributed by atoms with Crippen molar-refractivity contribution in [3.63, 3.8) is 0 Å². The van der Waals surface area contributed by atoms with Crippen molar-refractivity contribution in [2.45, 2.75) is 90.9 Å². The Hall–Kier alpha value is -0.370. The molecule has 1 saturated heterocycles. The van der Waals surface area contributed by atoms with Gasteiger partial charge in [0.1, 0.15) is 5.78 Å². The van der Waals surface area contributed by atoms with Gasteiger partial charge in [-0.1, -0.05) is 71.6 Å². The van der Waals surface area contributed by atoms with Crippen LogP contribution < -0.4 is 5.32 Å². The van der Waals surface area contributed by atoms with Gasteiger partial charge in [-0.2, -0.15) is 0 Å². The molecule has 1 fully saturated rings. The van der Waals surface area contributed by atoms with Crippen LogP contribution in [0.4, 0.5) is 0 Å². The van der Waals surface area contributed by atoms with E-state index in [1.807, 2.05) is 0 Å². The van der Waals surface area contributed by atoms with Crippen LogP contribution in [-0.2, 0) is 4.79 Å². The lowest BCUT2D eigenvalue weighted by Gasteiger charge is -2.20. The Kier molecular flexibility index (Phi) is 9.17. The molecule has 118 valence electrons. The molecule has 0 aromatic heterocycles. The van der Waals surface area contributed by atoms with Crippen molar-refractivity contribution in [3.8, 4) is 0 Å². The molecule has 0 aromatic carbocycles. The summed E-state index contributed by atoms with van der Waals surface area (Å²) in [6.45, 7) is 6.30. The largest absolute Gasteiger partial charge is 0.316 e. The molecule has 2 heteroatoms. The molecule has 1 N–H and O–H groups in total. The highest BCUT2D eigenvalue weighted by Gasteiger charge is 2.34. The monoisotopic (exact) mass is 281 g/mol. The van der Waals surface area contributed by atoms with Crippen LogP contribution >= 0.6 is 0 Å². The molecule has 1 aliphatic rings. The Balaban J connectivity index is 1.88. The van der Waals surface area contributed by atoms with Gasteiger partial charge in [0, 0.05) is 18.4 Å². The average Bonchev–Trinajstić information content (AvgIpc) is 2.89. The van der Waals surface area contributed by atoms with Gasteiger partial charge in [0.05, 0.1) is 0 Å². The standard InChI is InChI=1S/C18H35NO/c1-3-4-5-6-7-8-9-10-11-12-13-17(20)18(2)14-15-19-16-18/h19H,3-16H2,1-2H3. The lowest BCUT2D eigenvalue weighted by Crippen LogP contribution is -2.29. The van der Waals surface area contributed by atoms with Gasteiger partial charge in [-0.05, 0) is 19.4 Å². The third kappa shape index (κ3) is 6.88. The van der Waals surface area contributed by atoms with Crippen LogP contribution in [0.15, 0.2) is 0 Å². The third-order valence-electron chi connectivity index (χ3n) is 4.80. The van der Waals surface area contributed by atoms with E-state index >= 15 is 0 Å². The van der Waals surface area contributed by atoms with Crippen LogP contribution in [0.25, 0.3) is 0 Å². The smallest absolute Gasteiger partial charge is 0.140 e. The molecule has 0 aliphatic carbocycles. The molecule has 0 saturated carbocycles. The van der Waals surface area contributed by atoms with Crippen LogP contribution in [0.1, 0.15) is 90.9 Å². The fourth-order valence-corrected chi connectivity index (χ4v) is 3.13.